The molecule has 2 atom stereocenters. The topological polar surface area (TPSA) is 160 Å². The first-order valence-corrected chi connectivity index (χ1v) is 11.0. The van der Waals surface area contributed by atoms with E-state index in [1.165, 1.54) is 38.3 Å². The zero-order chi connectivity index (χ0) is 22.3. The number of pyridine rings is 1. The minimum Gasteiger partial charge on any atom is -0.480 e. The van der Waals surface area contributed by atoms with Crippen LogP contribution >= 0.6 is 0 Å². The normalized spacial score (nSPS) is 25.0. The molecule has 30 heavy (non-hydrogen) atoms. The molecule has 3 rings (SSSR count). The minimum absolute atomic E-state index is 0.0293. The number of carbonyl (C=O) groups excluding carboxylic acids is 2. The van der Waals surface area contributed by atoms with E-state index in [4.69, 9.17) is 5.73 Å². The van der Waals surface area contributed by atoms with Crippen LogP contribution in [0.2, 0.25) is 0 Å². The highest BCUT2D eigenvalue weighted by molar-refractivity contribution is 7.94. The third kappa shape index (κ3) is 3.37. The number of β-lactam (4-membered cyclic amide) rings is 1. The number of carbonyl (C=O) groups is 3. The van der Waals surface area contributed by atoms with Crippen LogP contribution in [0.5, 0.6) is 0 Å². The first-order chi connectivity index (χ1) is 14.0. The van der Waals surface area contributed by atoms with Crippen LogP contribution in [0.25, 0.3) is 6.08 Å². The van der Waals surface area contributed by atoms with Crippen molar-refractivity contribution in [3.8, 4) is 0 Å². The van der Waals surface area contributed by atoms with E-state index in [2.05, 4.69) is 10.3 Å². The predicted molar refractivity (Wildman–Crippen MR) is 108 cm³/mol. The van der Waals surface area contributed by atoms with E-state index in [9.17, 15) is 27.9 Å². The lowest BCUT2D eigenvalue weighted by Gasteiger charge is -2.37. The fourth-order valence-corrected chi connectivity index (χ4v) is 5.82. The third-order valence-corrected chi connectivity index (χ3v) is 8.23. The number of carboxylic acid groups (broad SMARTS) is 1. The molecule has 162 valence electrons. The van der Waals surface area contributed by atoms with Crippen molar-refractivity contribution in [2.75, 3.05) is 13.1 Å². The molecule has 0 bridgehead atoms. The first kappa shape index (κ1) is 21.9. The lowest BCUT2D eigenvalue weighted by molar-refractivity contribution is -0.152. The van der Waals surface area contributed by atoms with Crippen molar-refractivity contribution >= 4 is 33.7 Å². The molecule has 2 aliphatic rings. The van der Waals surface area contributed by atoms with Gasteiger partial charge in [0.1, 0.15) is 4.75 Å². The van der Waals surface area contributed by atoms with Gasteiger partial charge >= 0.3 is 5.97 Å². The van der Waals surface area contributed by atoms with Gasteiger partial charge in [-0.3, -0.25) is 14.6 Å². The lowest BCUT2D eigenvalue weighted by Crippen LogP contribution is -2.58. The van der Waals surface area contributed by atoms with Gasteiger partial charge in [0.15, 0.2) is 21.3 Å². The lowest BCUT2D eigenvalue weighted by atomic mass is 9.95. The number of nitrogens with two attached hydrogens (primary N) is 1. The Morgan fingerprint density at radius 1 is 1.33 bits per heavy atom. The second-order valence-electron chi connectivity index (χ2n) is 7.78. The van der Waals surface area contributed by atoms with E-state index >= 15 is 0 Å². The van der Waals surface area contributed by atoms with E-state index in [0.29, 0.717) is 24.3 Å². The van der Waals surface area contributed by atoms with E-state index in [-0.39, 0.29) is 11.5 Å². The van der Waals surface area contributed by atoms with Crippen molar-refractivity contribution in [2.24, 2.45) is 5.73 Å². The number of aromatic nitrogens is 1. The van der Waals surface area contributed by atoms with Crippen LogP contribution in [-0.4, -0.2) is 70.4 Å². The predicted octanol–water partition coefficient (Wildman–Crippen LogP) is -0.238. The van der Waals surface area contributed by atoms with Gasteiger partial charge in [-0.05, 0) is 51.4 Å². The summed E-state index contributed by atoms with van der Waals surface area (Å²) < 4.78 is 24.1. The summed E-state index contributed by atoms with van der Waals surface area (Å²) in [5.74, 6) is -2.31. The minimum atomic E-state index is -3.94. The molecule has 0 aliphatic carbocycles. The van der Waals surface area contributed by atoms with E-state index in [1.54, 1.807) is 0 Å². The van der Waals surface area contributed by atoms with Gasteiger partial charge in [-0.25, -0.2) is 13.2 Å². The number of rotatable bonds is 7. The van der Waals surface area contributed by atoms with Crippen molar-refractivity contribution in [1.82, 2.24) is 15.2 Å². The summed E-state index contributed by atoms with van der Waals surface area (Å²) in [7, 11) is -3.94. The number of nitrogens with zero attached hydrogens (tertiary/aromatic N) is 2. The number of amides is 2. The average molecular weight is 436 g/mol. The highest BCUT2D eigenvalue weighted by Crippen LogP contribution is 2.48. The zero-order valence-corrected chi connectivity index (χ0v) is 17.5. The summed E-state index contributed by atoms with van der Waals surface area (Å²) in [6.45, 7) is 3.66. The van der Waals surface area contributed by atoms with Gasteiger partial charge in [-0.15, -0.1) is 0 Å². The molecule has 3 heterocycles. The Bertz CT molecular complexity index is 1020. The molecule has 2 amide bonds. The van der Waals surface area contributed by atoms with Gasteiger partial charge in [0, 0.05) is 12.7 Å². The molecule has 0 saturated carbocycles. The number of hydrogen-bond acceptors (Lipinski definition) is 7. The summed E-state index contributed by atoms with van der Waals surface area (Å²) in [6, 6.07) is 1.57. The maximum absolute atomic E-state index is 12.8. The molecule has 0 radical (unpaired) electrons. The van der Waals surface area contributed by atoms with Crippen LogP contribution in [0.15, 0.2) is 23.9 Å². The summed E-state index contributed by atoms with van der Waals surface area (Å²) in [5.41, 5.74) is 6.00. The number of carboxylic acids is 1. The van der Waals surface area contributed by atoms with Crippen LogP contribution in [0.4, 0.5) is 0 Å². The van der Waals surface area contributed by atoms with Crippen molar-refractivity contribution in [1.29, 1.82) is 0 Å². The van der Waals surface area contributed by atoms with Gasteiger partial charge in [0.05, 0.1) is 16.8 Å². The molecule has 2 saturated heterocycles. The largest absolute Gasteiger partial charge is 0.480 e. The summed E-state index contributed by atoms with van der Waals surface area (Å²) >= 11 is 0. The highest BCUT2D eigenvalue weighted by Gasteiger charge is 2.70. The van der Waals surface area contributed by atoms with Crippen molar-refractivity contribution < 1.29 is 27.9 Å². The van der Waals surface area contributed by atoms with E-state index in [0.717, 1.165) is 17.7 Å². The zero-order valence-electron chi connectivity index (χ0n) is 16.7. The molecule has 0 unspecified atom stereocenters. The van der Waals surface area contributed by atoms with E-state index < -0.39 is 37.9 Å². The van der Waals surface area contributed by atoms with Crippen LogP contribution in [0.1, 0.15) is 42.7 Å². The Morgan fingerprint density at radius 3 is 2.60 bits per heavy atom. The molecule has 2 aliphatic heterocycles. The quantitative estimate of drug-likeness (QED) is 0.300. The summed E-state index contributed by atoms with van der Waals surface area (Å²) in [6.07, 6.45) is 4.23. The Labute approximate surface area is 174 Å². The number of unbranched alkanes of at least 4 members (excludes halogenated alkanes) is 1. The maximum Gasteiger partial charge on any atom is 0.328 e. The SMILES string of the molecule is CC1(C)[C@H](C(=O)O)N2C(=O)C(=Cc3ccc(C(=O)NCCCCN)cn3)[C@H]2S1(=O)=O. The van der Waals surface area contributed by atoms with Crippen LogP contribution in [0.3, 0.4) is 0 Å². The molecular formula is C19H24N4O6S. The maximum atomic E-state index is 12.8. The second-order valence-corrected chi connectivity index (χ2v) is 10.4. The molecule has 11 heteroatoms. The van der Waals surface area contributed by atoms with Gasteiger partial charge in [-0.2, -0.15) is 0 Å². The molecule has 2 fully saturated rings. The van der Waals surface area contributed by atoms with Crippen LogP contribution in [0, 0.1) is 0 Å². The smallest absolute Gasteiger partial charge is 0.328 e. The molecule has 1 aromatic heterocycles. The van der Waals surface area contributed by atoms with Crippen molar-refractivity contribution in [3.05, 3.63) is 35.2 Å². The molecule has 4 N–H and O–H groups in total. The fraction of sp³-hybridized carbons (Fsp3) is 0.474. The standard InChI is InChI=1S/C19H24N4O6S/c1-19(2)14(18(26)27)23-16(25)13(17(23)30(19,28)29)9-12-6-5-11(10-22-12)15(24)21-8-4-3-7-20/h5-6,9-10,14,17H,3-4,7-8,20H2,1-2H3,(H,21,24)(H,26,27)/t14-,17+/m0/s1. The summed E-state index contributed by atoms with van der Waals surface area (Å²) in [5, 5.41) is 10.9. The third-order valence-electron chi connectivity index (χ3n) is 5.47. The number of hydrogen-bond donors (Lipinski definition) is 3. The highest BCUT2D eigenvalue weighted by atomic mass is 32.2. The van der Waals surface area contributed by atoms with Crippen LogP contribution in [-0.2, 0) is 19.4 Å². The van der Waals surface area contributed by atoms with Crippen molar-refractivity contribution in [2.45, 2.75) is 42.9 Å². The Balaban J connectivity index is 1.79. The van der Waals surface area contributed by atoms with Gasteiger partial charge in [-0.1, -0.05) is 0 Å². The van der Waals surface area contributed by atoms with Crippen molar-refractivity contribution in [3.63, 3.8) is 0 Å². The number of fused-ring (bicyclic) bond motifs is 1. The van der Waals surface area contributed by atoms with E-state index in [1.807, 2.05) is 0 Å². The van der Waals surface area contributed by atoms with Gasteiger partial charge in [0.25, 0.3) is 11.8 Å². The number of nitrogens with one attached hydrogen (secondary N) is 1. The second kappa shape index (κ2) is 7.80. The number of sulfone groups is 1. The Hall–Kier alpha value is -2.79. The molecule has 10 nitrogen and oxygen atoms in total. The Kier molecular flexibility index (Phi) is 5.70. The summed E-state index contributed by atoms with van der Waals surface area (Å²) in [4.78, 5) is 41.2. The van der Waals surface area contributed by atoms with Gasteiger partial charge in [0.2, 0.25) is 0 Å². The fourth-order valence-electron chi connectivity index (χ4n) is 3.70. The number of aliphatic carboxylic acids is 1. The monoisotopic (exact) mass is 436 g/mol. The molecule has 0 spiro atoms. The van der Waals surface area contributed by atoms with Gasteiger partial charge < -0.3 is 21.1 Å². The molecular weight excluding hydrogens is 412 g/mol. The first-order valence-electron chi connectivity index (χ1n) is 9.49. The average Bonchev–Trinajstić information content (AvgIpc) is 2.83. The molecule has 1 aromatic rings. The van der Waals surface area contributed by atoms with Crippen LogP contribution < -0.4 is 11.1 Å². The molecule has 0 aromatic carbocycles. The Morgan fingerprint density at radius 2 is 2.03 bits per heavy atom.